The number of carbonyl (C=O) groups is 2. The minimum Gasteiger partial charge on any atom is -0.497 e. The average Bonchev–Trinajstić information content (AvgIpc) is 3.30. The molecular weight excluding hydrogens is 488 g/mol. The number of para-hydroxylation sites is 1. The molecular formula is C25H21F2N5O3S. The molecule has 11 heteroatoms. The topological polar surface area (TPSA) is 98.1 Å². The molecule has 0 unspecified atom stereocenters. The van der Waals surface area contributed by atoms with E-state index >= 15 is 0 Å². The Morgan fingerprint density at radius 2 is 1.78 bits per heavy atom. The van der Waals surface area contributed by atoms with E-state index in [2.05, 4.69) is 20.8 Å². The number of methoxy groups -OCH3 is 1. The molecule has 0 atom stereocenters. The maximum Gasteiger partial charge on any atom is 0.251 e. The lowest BCUT2D eigenvalue weighted by Gasteiger charge is -2.11. The zero-order valence-electron chi connectivity index (χ0n) is 19.1. The van der Waals surface area contributed by atoms with Crippen molar-refractivity contribution >= 4 is 29.3 Å². The Hall–Kier alpha value is -4.25. The van der Waals surface area contributed by atoms with Crippen LogP contribution in [0, 0.1) is 11.6 Å². The first-order chi connectivity index (χ1) is 17.4. The Labute approximate surface area is 209 Å². The third-order valence-corrected chi connectivity index (χ3v) is 5.93. The minimum absolute atomic E-state index is 0.0163. The van der Waals surface area contributed by atoms with Gasteiger partial charge in [-0.25, -0.2) is 8.78 Å². The molecule has 2 N–H and O–H groups in total. The second-order valence-electron chi connectivity index (χ2n) is 7.44. The summed E-state index contributed by atoms with van der Waals surface area (Å²) < 4.78 is 34.1. The molecule has 0 bridgehead atoms. The van der Waals surface area contributed by atoms with Gasteiger partial charge < -0.3 is 15.4 Å². The summed E-state index contributed by atoms with van der Waals surface area (Å²) in [6.07, 6.45) is 0. The van der Waals surface area contributed by atoms with Crippen molar-refractivity contribution in [2.45, 2.75) is 11.7 Å². The largest absolute Gasteiger partial charge is 0.497 e. The van der Waals surface area contributed by atoms with Gasteiger partial charge in [-0.05, 0) is 54.6 Å². The van der Waals surface area contributed by atoms with E-state index in [1.54, 1.807) is 34.9 Å². The smallest absolute Gasteiger partial charge is 0.251 e. The van der Waals surface area contributed by atoms with E-state index in [0.717, 1.165) is 11.8 Å². The van der Waals surface area contributed by atoms with Gasteiger partial charge in [0.05, 0.1) is 25.1 Å². The van der Waals surface area contributed by atoms with E-state index in [-0.39, 0.29) is 23.9 Å². The fraction of sp³-hybridized carbons (Fsp3) is 0.120. The third kappa shape index (κ3) is 6.05. The first-order valence-corrected chi connectivity index (χ1v) is 11.7. The van der Waals surface area contributed by atoms with Crippen molar-refractivity contribution in [2.75, 3.05) is 18.2 Å². The number of thioether (sulfide) groups is 1. The molecule has 8 nitrogen and oxygen atoms in total. The summed E-state index contributed by atoms with van der Waals surface area (Å²) in [4.78, 5) is 25.0. The molecule has 0 saturated heterocycles. The van der Waals surface area contributed by atoms with Crippen LogP contribution in [0.3, 0.4) is 0 Å². The quantitative estimate of drug-likeness (QED) is 0.328. The van der Waals surface area contributed by atoms with E-state index in [0.29, 0.717) is 28.0 Å². The van der Waals surface area contributed by atoms with Gasteiger partial charge in [-0.1, -0.05) is 30.0 Å². The SMILES string of the molecule is COc1cccc(C(=O)NCc2nnc(SCC(=O)Nc3ccccc3F)n2-c2ccc(F)cc2)c1. The molecule has 0 aliphatic heterocycles. The Bertz CT molecular complexity index is 1380. The van der Waals surface area contributed by atoms with Gasteiger partial charge >= 0.3 is 0 Å². The van der Waals surface area contributed by atoms with Gasteiger partial charge in [0, 0.05) is 11.3 Å². The van der Waals surface area contributed by atoms with Crippen LogP contribution in [0.2, 0.25) is 0 Å². The average molecular weight is 510 g/mol. The van der Waals surface area contributed by atoms with Gasteiger partial charge in [0.25, 0.3) is 5.91 Å². The molecule has 0 aliphatic rings. The van der Waals surface area contributed by atoms with Crippen LogP contribution in [0.25, 0.3) is 5.69 Å². The van der Waals surface area contributed by atoms with Gasteiger partial charge in [0.1, 0.15) is 17.4 Å². The van der Waals surface area contributed by atoms with Crippen LogP contribution in [0.15, 0.2) is 78.0 Å². The Morgan fingerprint density at radius 1 is 1.00 bits per heavy atom. The van der Waals surface area contributed by atoms with Crippen molar-refractivity contribution in [3.63, 3.8) is 0 Å². The molecule has 3 aromatic carbocycles. The first-order valence-electron chi connectivity index (χ1n) is 10.7. The number of carbonyl (C=O) groups excluding carboxylic acids is 2. The summed E-state index contributed by atoms with van der Waals surface area (Å²) in [6, 6.07) is 18.2. The molecule has 4 rings (SSSR count). The summed E-state index contributed by atoms with van der Waals surface area (Å²) in [5, 5.41) is 13.9. The minimum atomic E-state index is -0.542. The highest BCUT2D eigenvalue weighted by Crippen LogP contribution is 2.23. The van der Waals surface area contributed by atoms with E-state index in [9.17, 15) is 18.4 Å². The molecule has 0 aliphatic carbocycles. The van der Waals surface area contributed by atoms with Crippen LogP contribution >= 0.6 is 11.8 Å². The van der Waals surface area contributed by atoms with Gasteiger partial charge in [-0.2, -0.15) is 0 Å². The highest BCUT2D eigenvalue weighted by molar-refractivity contribution is 7.99. The van der Waals surface area contributed by atoms with Crippen LogP contribution < -0.4 is 15.4 Å². The molecule has 4 aromatic rings. The molecule has 0 saturated carbocycles. The number of benzene rings is 3. The number of hydrogen-bond donors (Lipinski definition) is 2. The molecule has 1 heterocycles. The van der Waals surface area contributed by atoms with Crippen molar-refractivity contribution in [1.82, 2.24) is 20.1 Å². The van der Waals surface area contributed by atoms with Crippen LogP contribution in [-0.2, 0) is 11.3 Å². The van der Waals surface area contributed by atoms with Crippen LogP contribution in [0.5, 0.6) is 5.75 Å². The summed E-state index contributed by atoms with van der Waals surface area (Å²) in [7, 11) is 1.51. The molecule has 0 spiro atoms. The van der Waals surface area contributed by atoms with Crippen LogP contribution in [-0.4, -0.2) is 39.4 Å². The predicted octanol–water partition coefficient (Wildman–Crippen LogP) is 4.21. The maximum absolute atomic E-state index is 13.8. The van der Waals surface area contributed by atoms with Crippen molar-refractivity contribution < 1.29 is 23.1 Å². The number of rotatable bonds is 9. The number of halogens is 2. The summed E-state index contributed by atoms with van der Waals surface area (Å²) >= 11 is 1.07. The molecule has 1 aromatic heterocycles. The van der Waals surface area contributed by atoms with Gasteiger partial charge in [-0.15, -0.1) is 10.2 Å². The van der Waals surface area contributed by atoms with Crippen molar-refractivity contribution in [2.24, 2.45) is 0 Å². The van der Waals surface area contributed by atoms with E-state index in [4.69, 9.17) is 4.74 Å². The lowest BCUT2D eigenvalue weighted by molar-refractivity contribution is -0.113. The number of anilines is 1. The predicted molar refractivity (Wildman–Crippen MR) is 131 cm³/mol. The molecule has 184 valence electrons. The first kappa shape index (κ1) is 24.9. The van der Waals surface area contributed by atoms with E-state index in [1.807, 2.05) is 0 Å². The van der Waals surface area contributed by atoms with Gasteiger partial charge in [-0.3, -0.25) is 14.2 Å². The van der Waals surface area contributed by atoms with Gasteiger partial charge in [0.15, 0.2) is 11.0 Å². The zero-order chi connectivity index (χ0) is 25.5. The second kappa shape index (κ2) is 11.5. The fourth-order valence-corrected chi connectivity index (χ4v) is 4.03. The maximum atomic E-state index is 13.8. The summed E-state index contributed by atoms with van der Waals surface area (Å²) in [5.41, 5.74) is 1.02. The number of aromatic nitrogens is 3. The van der Waals surface area contributed by atoms with Crippen molar-refractivity contribution in [3.05, 3.63) is 95.8 Å². The highest BCUT2D eigenvalue weighted by Gasteiger charge is 2.18. The number of nitrogens with zero attached hydrogens (tertiary/aromatic N) is 3. The highest BCUT2D eigenvalue weighted by atomic mass is 32.2. The van der Waals surface area contributed by atoms with Crippen LogP contribution in [0.4, 0.5) is 14.5 Å². The van der Waals surface area contributed by atoms with Crippen molar-refractivity contribution in [1.29, 1.82) is 0 Å². The standard InChI is InChI=1S/C25H21F2N5O3S/c1-35-19-6-4-5-16(13-19)24(34)28-14-22-30-31-25(32(22)18-11-9-17(26)10-12-18)36-15-23(33)29-21-8-3-2-7-20(21)27/h2-13H,14-15H2,1H3,(H,28,34)(H,29,33). The molecule has 36 heavy (non-hydrogen) atoms. The van der Waals surface area contributed by atoms with E-state index in [1.165, 1.54) is 49.6 Å². The monoisotopic (exact) mass is 509 g/mol. The fourth-order valence-electron chi connectivity index (χ4n) is 3.26. The Kier molecular flexibility index (Phi) is 7.91. The second-order valence-corrected chi connectivity index (χ2v) is 8.38. The van der Waals surface area contributed by atoms with Gasteiger partial charge in [0.2, 0.25) is 5.91 Å². The zero-order valence-corrected chi connectivity index (χ0v) is 19.9. The summed E-state index contributed by atoms with van der Waals surface area (Å²) in [6.45, 7) is 0.0163. The lowest BCUT2D eigenvalue weighted by atomic mass is 10.2. The Morgan fingerprint density at radius 3 is 2.53 bits per heavy atom. The number of amides is 2. The summed E-state index contributed by atoms with van der Waals surface area (Å²) in [5.74, 6) is -0.909. The number of ether oxygens (including phenoxy) is 1. The van der Waals surface area contributed by atoms with Crippen molar-refractivity contribution in [3.8, 4) is 11.4 Å². The lowest BCUT2D eigenvalue weighted by Crippen LogP contribution is -2.24. The third-order valence-electron chi connectivity index (χ3n) is 5.00. The molecule has 2 amide bonds. The van der Waals surface area contributed by atoms with Crippen LogP contribution in [0.1, 0.15) is 16.2 Å². The Balaban J connectivity index is 1.51. The molecule has 0 fully saturated rings. The van der Waals surface area contributed by atoms with E-state index < -0.39 is 17.5 Å². The molecule has 0 radical (unpaired) electrons. The number of hydrogen-bond acceptors (Lipinski definition) is 6. The normalized spacial score (nSPS) is 10.6. The number of nitrogens with one attached hydrogen (secondary N) is 2.